The van der Waals surface area contributed by atoms with Crippen LogP contribution in [0.15, 0.2) is 36.5 Å². The molecule has 142 valence electrons. The van der Waals surface area contributed by atoms with E-state index in [2.05, 4.69) is 16.5 Å². The third-order valence-corrected chi connectivity index (χ3v) is 5.39. The second kappa shape index (κ2) is 8.06. The van der Waals surface area contributed by atoms with Crippen molar-refractivity contribution >= 4 is 28.2 Å². The Morgan fingerprint density at radius 1 is 1.29 bits per heavy atom. The maximum Gasteiger partial charge on any atom is 0.348 e. The van der Waals surface area contributed by atoms with Crippen molar-refractivity contribution in [3.8, 4) is 11.8 Å². The van der Waals surface area contributed by atoms with Gasteiger partial charge in [0.25, 0.3) is 5.91 Å². The average molecular weight is 394 g/mol. The molecule has 0 atom stereocenters. The SMILES string of the molecule is CCOC(=O)c1sc(NC(=O)c2cnn(-c3ccccc3)c2C)c(C#N)c1C. The number of thiophene rings is 1. The molecule has 2 aromatic heterocycles. The Morgan fingerprint density at radius 3 is 2.64 bits per heavy atom. The monoisotopic (exact) mass is 394 g/mol. The Labute approximate surface area is 166 Å². The number of hydrogen-bond acceptors (Lipinski definition) is 6. The highest BCUT2D eigenvalue weighted by Crippen LogP contribution is 2.33. The number of carbonyl (C=O) groups excluding carboxylic acids is 2. The Kier molecular flexibility index (Phi) is 5.57. The van der Waals surface area contributed by atoms with E-state index in [1.54, 1.807) is 25.5 Å². The molecule has 1 amide bonds. The van der Waals surface area contributed by atoms with E-state index >= 15 is 0 Å². The summed E-state index contributed by atoms with van der Waals surface area (Å²) in [6.07, 6.45) is 1.48. The summed E-state index contributed by atoms with van der Waals surface area (Å²) in [5.41, 5.74) is 2.65. The molecular weight excluding hydrogens is 376 g/mol. The summed E-state index contributed by atoms with van der Waals surface area (Å²) in [5.74, 6) is -0.900. The van der Waals surface area contributed by atoms with Crippen molar-refractivity contribution < 1.29 is 14.3 Å². The summed E-state index contributed by atoms with van der Waals surface area (Å²) in [7, 11) is 0. The van der Waals surface area contributed by atoms with Crippen LogP contribution < -0.4 is 5.32 Å². The minimum atomic E-state index is -0.505. The standard InChI is InChI=1S/C20H18N4O3S/c1-4-27-20(26)17-12(2)15(10-21)19(28-17)23-18(25)16-11-22-24(13(16)3)14-8-6-5-7-9-14/h5-9,11H,4H2,1-3H3,(H,23,25). The summed E-state index contributed by atoms with van der Waals surface area (Å²) in [6.45, 7) is 5.40. The molecule has 1 N–H and O–H groups in total. The van der Waals surface area contributed by atoms with Gasteiger partial charge in [-0.05, 0) is 38.5 Å². The zero-order valence-electron chi connectivity index (χ0n) is 15.6. The lowest BCUT2D eigenvalue weighted by molar-refractivity contribution is 0.0531. The number of benzene rings is 1. The molecule has 0 saturated heterocycles. The van der Waals surface area contributed by atoms with Crippen LogP contribution in [0.5, 0.6) is 0 Å². The number of anilines is 1. The number of esters is 1. The maximum absolute atomic E-state index is 12.8. The molecule has 0 unspecified atom stereocenters. The first kappa shape index (κ1) is 19.3. The minimum Gasteiger partial charge on any atom is -0.462 e. The van der Waals surface area contributed by atoms with Crippen LogP contribution in [0.25, 0.3) is 5.69 Å². The second-order valence-corrected chi connectivity index (χ2v) is 6.96. The smallest absolute Gasteiger partial charge is 0.348 e. The predicted octanol–water partition coefficient (Wildman–Crippen LogP) is 3.85. The van der Waals surface area contributed by atoms with E-state index in [1.807, 2.05) is 30.3 Å². The van der Waals surface area contributed by atoms with Crippen molar-refractivity contribution in [3.63, 3.8) is 0 Å². The number of hydrogen-bond donors (Lipinski definition) is 1. The molecule has 3 aromatic rings. The molecule has 0 aliphatic carbocycles. The van der Waals surface area contributed by atoms with Gasteiger partial charge in [0.2, 0.25) is 0 Å². The van der Waals surface area contributed by atoms with Gasteiger partial charge < -0.3 is 10.1 Å². The molecule has 8 heteroatoms. The van der Waals surface area contributed by atoms with Gasteiger partial charge in [-0.25, -0.2) is 9.48 Å². The van der Waals surface area contributed by atoms with E-state index in [9.17, 15) is 14.9 Å². The van der Waals surface area contributed by atoms with E-state index in [-0.39, 0.29) is 12.2 Å². The fourth-order valence-electron chi connectivity index (χ4n) is 2.76. The van der Waals surface area contributed by atoms with Crippen LogP contribution >= 0.6 is 11.3 Å². The lowest BCUT2D eigenvalue weighted by atomic mass is 10.1. The molecule has 3 rings (SSSR count). The predicted molar refractivity (Wildman–Crippen MR) is 106 cm³/mol. The van der Waals surface area contributed by atoms with Gasteiger partial charge in [0.1, 0.15) is 15.9 Å². The number of para-hydroxylation sites is 1. The number of nitrogens with one attached hydrogen (secondary N) is 1. The molecule has 2 heterocycles. The molecule has 0 aliphatic heterocycles. The minimum absolute atomic E-state index is 0.234. The highest BCUT2D eigenvalue weighted by molar-refractivity contribution is 7.18. The van der Waals surface area contributed by atoms with Crippen LogP contribution in [0.1, 0.15) is 43.8 Å². The largest absolute Gasteiger partial charge is 0.462 e. The number of amides is 1. The quantitative estimate of drug-likeness (QED) is 0.663. The van der Waals surface area contributed by atoms with Crippen molar-refractivity contribution in [1.82, 2.24) is 9.78 Å². The van der Waals surface area contributed by atoms with E-state index in [0.717, 1.165) is 17.0 Å². The van der Waals surface area contributed by atoms with Crippen LogP contribution in [-0.4, -0.2) is 28.3 Å². The molecule has 1 aromatic carbocycles. The first-order chi connectivity index (χ1) is 13.5. The van der Waals surface area contributed by atoms with Gasteiger partial charge in [0.05, 0.1) is 35.3 Å². The average Bonchev–Trinajstić information content (AvgIpc) is 3.22. The number of aromatic nitrogens is 2. The molecular formula is C20H18N4O3S. The van der Waals surface area contributed by atoms with Gasteiger partial charge in [-0.3, -0.25) is 4.79 Å². The van der Waals surface area contributed by atoms with Crippen molar-refractivity contribution in [2.45, 2.75) is 20.8 Å². The van der Waals surface area contributed by atoms with Gasteiger partial charge in [-0.1, -0.05) is 18.2 Å². The van der Waals surface area contributed by atoms with Crippen LogP contribution in [0.3, 0.4) is 0 Å². The molecule has 0 spiro atoms. The lowest BCUT2D eigenvalue weighted by Crippen LogP contribution is -2.13. The van der Waals surface area contributed by atoms with Gasteiger partial charge in [-0.2, -0.15) is 10.4 Å². The van der Waals surface area contributed by atoms with E-state index < -0.39 is 11.9 Å². The summed E-state index contributed by atoms with van der Waals surface area (Å²) in [5, 5.41) is 16.8. The van der Waals surface area contributed by atoms with E-state index in [0.29, 0.717) is 26.7 Å². The number of nitrogens with zero attached hydrogens (tertiary/aromatic N) is 3. The van der Waals surface area contributed by atoms with Gasteiger partial charge in [-0.15, -0.1) is 11.3 Å². The van der Waals surface area contributed by atoms with Gasteiger partial charge in [0.15, 0.2) is 0 Å². The van der Waals surface area contributed by atoms with Crippen LogP contribution in [0, 0.1) is 25.2 Å². The summed E-state index contributed by atoms with van der Waals surface area (Å²) in [6, 6.07) is 11.5. The molecule has 0 radical (unpaired) electrons. The Hall–Kier alpha value is -3.44. The molecule has 0 bridgehead atoms. The Bertz CT molecular complexity index is 1080. The molecule has 0 fully saturated rings. The normalized spacial score (nSPS) is 10.4. The fourth-order valence-corrected chi connectivity index (χ4v) is 3.81. The number of rotatable bonds is 5. The fraction of sp³-hybridized carbons (Fsp3) is 0.200. The lowest BCUT2D eigenvalue weighted by Gasteiger charge is -2.06. The molecule has 0 aliphatic rings. The van der Waals surface area contributed by atoms with Crippen molar-refractivity contribution in [3.05, 3.63) is 63.8 Å². The van der Waals surface area contributed by atoms with Crippen LogP contribution in [0.4, 0.5) is 5.00 Å². The zero-order valence-corrected chi connectivity index (χ0v) is 16.5. The van der Waals surface area contributed by atoms with Gasteiger partial charge >= 0.3 is 5.97 Å². The number of ether oxygens (including phenoxy) is 1. The van der Waals surface area contributed by atoms with Gasteiger partial charge in [0, 0.05) is 0 Å². The van der Waals surface area contributed by atoms with E-state index in [4.69, 9.17) is 4.74 Å². The van der Waals surface area contributed by atoms with Crippen molar-refractivity contribution in [1.29, 1.82) is 5.26 Å². The number of nitriles is 1. The zero-order chi connectivity index (χ0) is 20.3. The summed E-state index contributed by atoms with van der Waals surface area (Å²) < 4.78 is 6.69. The highest BCUT2D eigenvalue weighted by atomic mass is 32.1. The molecule has 0 saturated carbocycles. The Balaban J connectivity index is 1.90. The maximum atomic E-state index is 12.8. The second-order valence-electron chi connectivity index (χ2n) is 5.94. The van der Waals surface area contributed by atoms with Crippen molar-refractivity contribution in [2.75, 3.05) is 11.9 Å². The highest BCUT2D eigenvalue weighted by Gasteiger charge is 2.23. The van der Waals surface area contributed by atoms with Crippen molar-refractivity contribution in [2.24, 2.45) is 0 Å². The third kappa shape index (κ3) is 3.52. The topological polar surface area (TPSA) is 97.0 Å². The first-order valence-electron chi connectivity index (χ1n) is 8.59. The van der Waals surface area contributed by atoms with E-state index in [1.165, 1.54) is 6.20 Å². The first-order valence-corrected chi connectivity index (χ1v) is 9.41. The van der Waals surface area contributed by atoms with Crippen LogP contribution in [0.2, 0.25) is 0 Å². The Morgan fingerprint density at radius 2 is 2.00 bits per heavy atom. The van der Waals surface area contributed by atoms with Crippen LogP contribution in [-0.2, 0) is 4.74 Å². The number of carbonyl (C=O) groups is 2. The summed E-state index contributed by atoms with van der Waals surface area (Å²) >= 11 is 1.03. The summed E-state index contributed by atoms with van der Waals surface area (Å²) in [4.78, 5) is 25.2. The molecule has 7 nitrogen and oxygen atoms in total. The third-order valence-electron chi connectivity index (χ3n) is 4.20. The molecule has 28 heavy (non-hydrogen) atoms.